The van der Waals surface area contributed by atoms with Crippen molar-refractivity contribution >= 4 is 17.3 Å². The Bertz CT molecular complexity index is 592. The van der Waals surface area contributed by atoms with Crippen molar-refractivity contribution in [3.63, 3.8) is 0 Å². The molecule has 6 nitrogen and oxygen atoms in total. The van der Waals surface area contributed by atoms with Gasteiger partial charge in [-0.1, -0.05) is 0 Å². The molecule has 0 radical (unpaired) electrons. The summed E-state index contributed by atoms with van der Waals surface area (Å²) >= 11 is 0. The average Bonchev–Trinajstić information content (AvgIpc) is 2.62. The molecule has 1 aromatic carbocycles. The highest BCUT2D eigenvalue weighted by Gasteiger charge is 2.23. The van der Waals surface area contributed by atoms with E-state index in [0.29, 0.717) is 11.6 Å². The molecule has 25 heavy (non-hydrogen) atoms. The number of rotatable bonds is 5. The Kier molecular flexibility index (Phi) is 5.81. The maximum absolute atomic E-state index is 11.6. The predicted molar refractivity (Wildman–Crippen MR) is 99.8 cm³/mol. The fourth-order valence-corrected chi connectivity index (χ4v) is 3.74. The molecule has 0 saturated carbocycles. The van der Waals surface area contributed by atoms with Crippen molar-refractivity contribution < 1.29 is 14.6 Å². The Morgan fingerprint density at radius 3 is 2.48 bits per heavy atom. The van der Waals surface area contributed by atoms with Crippen molar-refractivity contribution in [2.45, 2.75) is 37.8 Å². The first-order valence-corrected chi connectivity index (χ1v) is 9.17. The minimum absolute atomic E-state index is 0.279. The van der Waals surface area contributed by atoms with E-state index in [1.54, 1.807) is 6.07 Å². The van der Waals surface area contributed by atoms with Crippen molar-refractivity contribution in [3.8, 4) is 0 Å². The summed E-state index contributed by atoms with van der Waals surface area (Å²) in [4.78, 5) is 16.2. The number of benzene rings is 1. The number of ether oxygens (including phenoxy) is 1. The van der Waals surface area contributed by atoms with Crippen LogP contribution < -0.4 is 10.2 Å². The molecule has 2 aliphatic rings. The molecule has 0 amide bonds. The molecule has 0 bridgehead atoms. The summed E-state index contributed by atoms with van der Waals surface area (Å²) in [6.45, 7) is 3.48. The summed E-state index contributed by atoms with van der Waals surface area (Å²) < 4.78 is 5.39. The van der Waals surface area contributed by atoms with E-state index in [1.165, 1.54) is 0 Å². The zero-order valence-electron chi connectivity index (χ0n) is 15.2. The summed E-state index contributed by atoms with van der Waals surface area (Å²) in [5.74, 6) is -0.882. The van der Waals surface area contributed by atoms with Gasteiger partial charge in [0.1, 0.15) is 0 Å². The standard InChI is InChI=1S/C19H29N3O3/c1-21(2)15-5-9-22(10-6-15)16-3-4-17(19(23)24)18(13-16)20-14-7-11-25-12-8-14/h3-4,13-15,20H,5-12H2,1-2H3,(H,23,24). The molecule has 0 aromatic heterocycles. The molecule has 138 valence electrons. The summed E-state index contributed by atoms with van der Waals surface area (Å²) in [6.07, 6.45) is 4.10. The number of nitrogens with zero attached hydrogens (tertiary/aromatic N) is 2. The summed E-state index contributed by atoms with van der Waals surface area (Å²) in [7, 11) is 4.27. The van der Waals surface area contributed by atoms with Crippen LogP contribution in [0, 0.1) is 0 Å². The van der Waals surface area contributed by atoms with Crippen molar-refractivity contribution in [2.75, 3.05) is 50.6 Å². The lowest BCUT2D eigenvalue weighted by molar-refractivity contribution is 0.0697. The van der Waals surface area contributed by atoms with Gasteiger partial charge < -0.3 is 25.0 Å². The van der Waals surface area contributed by atoms with E-state index < -0.39 is 5.97 Å². The van der Waals surface area contributed by atoms with E-state index in [4.69, 9.17) is 4.74 Å². The van der Waals surface area contributed by atoms with Gasteiger partial charge in [-0.25, -0.2) is 4.79 Å². The molecule has 2 N–H and O–H groups in total. The lowest BCUT2D eigenvalue weighted by Gasteiger charge is -2.37. The first-order chi connectivity index (χ1) is 12.0. The molecule has 2 fully saturated rings. The maximum Gasteiger partial charge on any atom is 0.337 e. The second-order valence-corrected chi connectivity index (χ2v) is 7.25. The van der Waals surface area contributed by atoms with Crippen LogP contribution in [0.5, 0.6) is 0 Å². The summed E-state index contributed by atoms with van der Waals surface area (Å²) in [6, 6.07) is 6.59. The van der Waals surface area contributed by atoms with E-state index in [2.05, 4.69) is 29.2 Å². The molecule has 0 aliphatic carbocycles. The van der Waals surface area contributed by atoms with Crippen LogP contribution in [0.15, 0.2) is 18.2 Å². The number of carboxylic acids is 1. The van der Waals surface area contributed by atoms with E-state index >= 15 is 0 Å². The number of nitrogens with one attached hydrogen (secondary N) is 1. The average molecular weight is 347 g/mol. The highest BCUT2D eigenvalue weighted by atomic mass is 16.5. The zero-order chi connectivity index (χ0) is 17.8. The van der Waals surface area contributed by atoms with Gasteiger partial charge in [0.15, 0.2) is 0 Å². The van der Waals surface area contributed by atoms with Crippen molar-refractivity contribution in [2.24, 2.45) is 0 Å². The normalized spacial score (nSPS) is 20.0. The van der Waals surface area contributed by atoms with Crippen LogP contribution >= 0.6 is 0 Å². The van der Waals surface area contributed by atoms with Gasteiger partial charge in [-0.3, -0.25) is 0 Å². The number of carbonyl (C=O) groups is 1. The summed E-state index contributed by atoms with van der Waals surface area (Å²) in [5, 5.41) is 12.9. The first kappa shape index (κ1) is 18.0. The third-order valence-corrected chi connectivity index (χ3v) is 5.37. The van der Waals surface area contributed by atoms with E-state index in [0.717, 1.165) is 63.4 Å². The highest BCUT2D eigenvalue weighted by molar-refractivity contribution is 5.95. The van der Waals surface area contributed by atoms with E-state index in [-0.39, 0.29) is 6.04 Å². The van der Waals surface area contributed by atoms with Crippen LogP contribution in [0.1, 0.15) is 36.0 Å². The smallest absolute Gasteiger partial charge is 0.337 e. The van der Waals surface area contributed by atoms with Gasteiger partial charge in [0.2, 0.25) is 0 Å². The van der Waals surface area contributed by atoms with Gasteiger partial charge in [-0.05, 0) is 58.0 Å². The molecule has 6 heteroatoms. The molecule has 2 aliphatic heterocycles. The molecule has 2 heterocycles. The van der Waals surface area contributed by atoms with Crippen LogP contribution in [0.2, 0.25) is 0 Å². The minimum Gasteiger partial charge on any atom is -0.478 e. The molecule has 0 atom stereocenters. The van der Waals surface area contributed by atoms with Crippen LogP contribution in [0.4, 0.5) is 11.4 Å². The number of anilines is 2. The third-order valence-electron chi connectivity index (χ3n) is 5.37. The Morgan fingerprint density at radius 1 is 1.20 bits per heavy atom. The zero-order valence-corrected chi connectivity index (χ0v) is 15.2. The first-order valence-electron chi connectivity index (χ1n) is 9.17. The largest absolute Gasteiger partial charge is 0.478 e. The highest BCUT2D eigenvalue weighted by Crippen LogP contribution is 2.28. The van der Waals surface area contributed by atoms with Gasteiger partial charge in [-0.15, -0.1) is 0 Å². The van der Waals surface area contributed by atoms with Gasteiger partial charge in [0.25, 0.3) is 0 Å². The van der Waals surface area contributed by atoms with Gasteiger partial charge in [0.05, 0.1) is 11.3 Å². The van der Waals surface area contributed by atoms with E-state index in [1.807, 2.05) is 12.1 Å². The van der Waals surface area contributed by atoms with Crippen LogP contribution in [-0.2, 0) is 4.74 Å². The van der Waals surface area contributed by atoms with Crippen LogP contribution in [0.3, 0.4) is 0 Å². The maximum atomic E-state index is 11.6. The number of aromatic carboxylic acids is 1. The lowest BCUT2D eigenvalue weighted by atomic mass is 10.0. The fraction of sp³-hybridized carbons (Fsp3) is 0.632. The Balaban J connectivity index is 1.74. The van der Waals surface area contributed by atoms with Crippen molar-refractivity contribution in [1.82, 2.24) is 4.90 Å². The number of carboxylic acid groups (broad SMARTS) is 1. The molecule has 2 saturated heterocycles. The van der Waals surface area contributed by atoms with Crippen LogP contribution in [-0.4, -0.2) is 68.5 Å². The molecule has 3 rings (SSSR count). The number of hydrogen-bond donors (Lipinski definition) is 2. The van der Waals surface area contributed by atoms with Crippen molar-refractivity contribution in [1.29, 1.82) is 0 Å². The van der Waals surface area contributed by atoms with Gasteiger partial charge in [0, 0.05) is 44.1 Å². The topological polar surface area (TPSA) is 65.0 Å². The Morgan fingerprint density at radius 2 is 1.88 bits per heavy atom. The molecular weight excluding hydrogens is 318 g/mol. The molecule has 0 spiro atoms. The SMILES string of the molecule is CN(C)C1CCN(c2ccc(C(=O)O)c(NC3CCOCC3)c2)CC1. The van der Waals surface area contributed by atoms with Crippen LogP contribution in [0.25, 0.3) is 0 Å². The van der Waals surface area contributed by atoms with Gasteiger partial charge in [-0.2, -0.15) is 0 Å². The minimum atomic E-state index is -0.882. The molecule has 1 aromatic rings. The fourth-order valence-electron chi connectivity index (χ4n) is 3.74. The quantitative estimate of drug-likeness (QED) is 0.853. The molecule has 0 unspecified atom stereocenters. The second-order valence-electron chi connectivity index (χ2n) is 7.25. The summed E-state index contributed by atoms with van der Waals surface area (Å²) in [5.41, 5.74) is 2.18. The van der Waals surface area contributed by atoms with E-state index in [9.17, 15) is 9.90 Å². The predicted octanol–water partition coefficient (Wildman–Crippen LogP) is 2.51. The number of hydrogen-bond acceptors (Lipinski definition) is 5. The molecular formula is C19H29N3O3. The Labute approximate surface area is 149 Å². The van der Waals surface area contributed by atoms with Crippen molar-refractivity contribution in [3.05, 3.63) is 23.8 Å². The Hall–Kier alpha value is -1.79. The van der Waals surface area contributed by atoms with Gasteiger partial charge >= 0.3 is 5.97 Å². The number of piperidine rings is 1. The monoisotopic (exact) mass is 347 g/mol. The second kappa shape index (κ2) is 8.06. The third kappa shape index (κ3) is 4.44. The lowest BCUT2D eigenvalue weighted by Crippen LogP contribution is -2.42.